The van der Waals surface area contributed by atoms with Gasteiger partial charge in [-0.15, -0.1) is 0 Å². The van der Waals surface area contributed by atoms with Crippen LogP contribution in [0.4, 0.5) is 10.1 Å². The van der Waals surface area contributed by atoms with Crippen LogP contribution in [-0.2, 0) is 6.54 Å². The molecular weight excluding hydrogens is 373 g/mol. The van der Waals surface area contributed by atoms with Gasteiger partial charge in [-0.2, -0.15) is 5.10 Å². The van der Waals surface area contributed by atoms with Crippen molar-refractivity contribution in [3.8, 4) is 0 Å². The Kier molecular flexibility index (Phi) is 3.76. The topological polar surface area (TPSA) is 61.0 Å². The smallest absolute Gasteiger partial charge is 0.258 e. The van der Waals surface area contributed by atoms with E-state index in [2.05, 4.69) is 37.0 Å². The van der Waals surface area contributed by atoms with Crippen LogP contribution in [0.25, 0.3) is 0 Å². The summed E-state index contributed by atoms with van der Waals surface area (Å²) in [5.41, 5.74) is 0.131. The van der Waals surface area contributed by atoms with Crippen LogP contribution in [0, 0.1) is 15.9 Å². The molecule has 0 bridgehead atoms. The molecule has 0 saturated carbocycles. The molecule has 0 aliphatic carbocycles. The van der Waals surface area contributed by atoms with Crippen molar-refractivity contribution < 1.29 is 9.31 Å². The Balaban J connectivity index is 2.42. The number of aromatic nitrogens is 2. The summed E-state index contributed by atoms with van der Waals surface area (Å²) in [4.78, 5) is 10.3. The average Bonchev–Trinajstić information content (AvgIpc) is 2.57. The van der Waals surface area contributed by atoms with E-state index in [0.717, 1.165) is 18.2 Å². The summed E-state index contributed by atoms with van der Waals surface area (Å²) >= 11 is 6.45. The van der Waals surface area contributed by atoms with E-state index in [0.29, 0.717) is 9.21 Å². The molecule has 1 aromatic carbocycles. The Morgan fingerprint density at radius 3 is 2.67 bits per heavy atom. The molecule has 2 rings (SSSR count). The molecule has 1 aromatic heterocycles. The molecule has 0 radical (unpaired) electrons. The Bertz CT molecular complexity index is 615. The Labute approximate surface area is 118 Å². The second-order valence-electron chi connectivity index (χ2n) is 3.48. The van der Waals surface area contributed by atoms with Gasteiger partial charge in [-0.1, -0.05) is 0 Å². The largest absolute Gasteiger partial charge is 0.274 e. The monoisotopic (exact) mass is 377 g/mol. The van der Waals surface area contributed by atoms with Gasteiger partial charge in [-0.3, -0.25) is 14.8 Å². The first-order valence-corrected chi connectivity index (χ1v) is 6.37. The van der Waals surface area contributed by atoms with Crippen LogP contribution in [-0.4, -0.2) is 14.7 Å². The summed E-state index contributed by atoms with van der Waals surface area (Å²) in [6.07, 6.45) is 0. The third-order valence-electron chi connectivity index (χ3n) is 2.26. The van der Waals surface area contributed by atoms with Gasteiger partial charge in [0.1, 0.15) is 15.0 Å². The van der Waals surface area contributed by atoms with Crippen molar-refractivity contribution in [1.29, 1.82) is 0 Å². The van der Waals surface area contributed by atoms with E-state index in [1.807, 2.05) is 0 Å². The van der Waals surface area contributed by atoms with Gasteiger partial charge >= 0.3 is 0 Å². The number of hydrogen-bond acceptors (Lipinski definition) is 3. The summed E-state index contributed by atoms with van der Waals surface area (Å²) in [6.45, 7) is 0.111. The highest BCUT2D eigenvalue weighted by molar-refractivity contribution is 9.11. The normalized spacial score (nSPS) is 10.6. The van der Waals surface area contributed by atoms with Crippen LogP contribution in [0.3, 0.4) is 0 Å². The minimum Gasteiger partial charge on any atom is -0.258 e. The molecule has 0 unspecified atom stereocenters. The van der Waals surface area contributed by atoms with Gasteiger partial charge in [0.2, 0.25) is 0 Å². The maximum atomic E-state index is 13.1. The van der Waals surface area contributed by atoms with E-state index in [1.165, 1.54) is 4.68 Å². The summed E-state index contributed by atoms with van der Waals surface area (Å²) in [7, 11) is 0. The summed E-state index contributed by atoms with van der Waals surface area (Å²) in [5, 5.41) is 14.9. The van der Waals surface area contributed by atoms with Gasteiger partial charge in [0.15, 0.2) is 0 Å². The lowest BCUT2D eigenvalue weighted by atomic mass is 10.2. The molecule has 94 valence electrons. The van der Waals surface area contributed by atoms with Crippen molar-refractivity contribution in [3.63, 3.8) is 0 Å². The standard InChI is InChI=1S/C10H6Br2FN3O2/c11-9-4-10(12)15(14-9)5-6-3-7(13)1-2-8(6)16(17)18/h1-4H,5H2. The van der Waals surface area contributed by atoms with Crippen molar-refractivity contribution in [2.24, 2.45) is 0 Å². The fourth-order valence-corrected chi connectivity index (χ4v) is 2.63. The fourth-order valence-electron chi connectivity index (χ4n) is 1.50. The van der Waals surface area contributed by atoms with Crippen LogP contribution in [0.2, 0.25) is 0 Å². The zero-order chi connectivity index (χ0) is 13.3. The number of nitro groups is 1. The van der Waals surface area contributed by atoms with Crippen molar-refractivity contribution in [2.45, 2.75) is 6.54 Å². The Hall–Kier alpha value is -1.28. The molecule has 0 fully saturated rings. The first kappa shape index (κ1) is 13.2. The van der Waals surface area contributed by atoms with E-state index in [4.69, 9.17) is 0 Å². The number of nitrogens with zero attached hydrogens (tertiary/aromatic N) is 3. The maximum absolute atomic E-state index is 13.1. The molecule has 8 heteroatoms. The predicted molar refractivity (Wildman–Crippen MR) is 69.8 cm³/mol. The van der Waals surface area contributed by atoms with Gasteiger partial charge in [0, 0.05) is 12.1 Å². The van der Waals surface area contributed by atoms with Crippen LogP contribution in [0.1, 0.15) is 5.56 Å². The molecule has 0 atom stereocenters. The predicted octanol–water partition coefficient (Wildman–Crippen LogP) is 3.50. The minimum atomic E-state index is -0.540. The Morgan fingerprint density at radius 2 is 2.11 bits per heavy atom. The van der Waals surface area contributed by atoms with Gasteiger partial charge in [-0.25, -0.2) is 4.39 Å². The summed E-state index contributed by atoms with van der Waals surface area (Å²) < 4.78 is 15.9. The van der Waals surface area contributed by atoms with Crippen molar-refractivity contribution in [1.82, 2.24) is 9.78 Å². The highest BCUT2D eigenvalue weighted by Crippen LogP contribution is 2.23. The zero-order valence-corrected chi connectivity index (χ0v) is 12.0. The van der Waals surface area contributed by atoms with Gasteiger partial charge in [-0.05, 0) is 44.0 Å². The lowest BCUT2D eigenvalue weighted by molar-refractivity contribution is -0.385. The first-order valence-electron chi connectivity index (χ1n) is 4.79. The quantitative estimate of drug-likeness (QED) is 0.606. The number of rotatable bonds is 3. The lowest BCUT2D eigenvalue weighted by Crippen LogP contribution is -2.05. The Morgan fingerprint density at radius 1 is 1.39 bits per heavy atom. The van der Waals surface area contributed by atoms with E-state index in [-0.39, 0.29) is 17.8 Å². The number of nitro benzene ring substituents is 1. The zero-order valence-electron chi connectivity index (χ0n) is 8.81. The van der Waals surface area contributed by atoms with Crippen molar-refractivity contribution in [2.75, 3.05) is 0 Å². The third-order valence-corrected chi connectivity index (χ3v) is 3.29. The van der Waals surface area contributed by atoms with E-state index < -0.39 is 10.7 Å². The lowest BCUT2D eigenvalue weighted by Gasteiger charge is -2.05. The molecule has 0 N–H and O–H groups in total. The molecule has 0 saturated heterocycles. The molecule has 0 aliphatic heterocycles. The molecule has 2 aromatic rings. The summed E-state index contributed by atoms with van der Waals surface area (Å²) in [6, 6.07) is 5.05. The van der Waals surface area contributed by atoms with Crippen LogP contribution in [0.5, 0.6) is 0 Å². The number of halogens is 3. The highest BCUT2D eigenvalue weighted by Gasteiger charge is 2.16. The van der Waals surface area contributed by atoms with Gasteiger partial charge in [0.25, 0.3) is 5.69 Å². The molecule has 5 nitrogen and oxygen atoms in total. The van der Waals surface area contributed by atoms with Crippen molar-refractivity contribution >= 4 is 37.5 Å². The first-order chi connectivity index (χ1) is 8.47. The highest BCUT2D eigenvalue weighted by atomic mass is 79.9. The molecular formula is C10H6Br2FN3O2. The molecule has 0 amide bonds. The fraction of sp³-hybridized carbons (Fsp3) is 0.100. The second kappa shape index (κ2) is 5.15. The maximum Gasteiger partial charge on any atom is 0.274 e. The van der Waals surface area contributed by atoms with Crippen LogP contribution in [0.15, 0.2) is 33.5 Å². The third kappa shape index (κ3) is 2.75. The van der Waals surface area contributed by atoms with Gasteiger partial charge < -0.3 is 0 Å². The summed E-state index contributed by atoms with van der Waals surface area (Å²) in [5.74, 6) is -0.516. The number of hydrogen-bond donors (Lipinski definition) is 0. The van der Waals surface area contributed by atoms with E-state index in [9.17, 15) is 14.5 Å². The molecule has 18 heavy (non-hydrogen) atoms. The van der Waals surface area contributed by atoms with Crippen LogP contribution < -0.4 is 0 Å². The molecule has 0 spiro atoms. The van der Waals surface area contributed by atoms with Crippen LogP contribution >= 0.6 is 31.9 Å². The average molecular weight is 379 g/mol. The van der Waals surface area contributed by atoms with Gasteiger partial charge in [0.05, 0.1) is 17.0 Å². The number of benzene rings is 1. The van der Waals surface area contributed by atoms with E-state index >= 15 is 0 Å². The second-order valence-corrected chi connectivity index (χ2v) is 5.10. The molecule has 0 aliphatic rings. The van der Waals surface area contributed by atoms with Crippen molar-refractivity contribution in [3.05, 3.63) is 55.0 Å². The van der Waals surface area contributed by atoms with E-state index in [1.54, 1.807) is 6.07 Å². The minimum absolute atomic E-state index is 0.111. The molecule has 1 heterocycles. The SMILES string of the molecule is O=[N+]([O-])c1ccc(F)cc1Cn1nc(Br)cc1Br.